The minimum Gasteiger partial charge on any atom is -0.480 e. The molecule has 2 rings (SSSR count). The zero-order valence-corrected chi connectivity index (χ0v) is 22.5. The first-order chi connectivity index (χ1) is 17.9. The summed E-state index contributed by atoms with van der Waals surface area (Å²) in [7, 11) is 0. The number of nitrogens with two attached hydrogens (primary N) is 2. The summed E-state index contributed by atoms with van der Waals surface area (Å²) in [5.41, 5.74) is 13.2. The second-order valence-corrected chi connectivity index (χ2v) is 10.3. The van der Waals surface area contributed by atoms with Crippen LogP contribution in [0.15, 0.2) is 30.5 Å². The highest BCUT2D eigenvalue weighted by Gasteiger charge is 2.32. The monoisotopic (exact) mass is 548 g/mol. The van der Waals surface area contributed by atoms with Gasteiger partial charge in [0.2, 0.25) is 23.6 Å². The number of thioether (sulfide) groups is 1. The van der Waals surface area contributed by atoms with Crippen LogP contribution >= 0.6 is 11.8 Å². The minimum absolute atomic E-state index is 0.151. The molecule has 0 fully saturated rings. The van der Waals surface area contributed by atoms with E-state index in [0.29, 0.717) is 5.75 Å². The van der Waals surface area contributed by atoms with E-state index in [-0.39, 0.29) is 12.8 Å². The van der Waals surface area contributed by atoms with Gasteiger partial charge in [-0.25, -0.2) is 4.79 Å². The fourth-order valence-corrected chi connectivity index (χ4v) is 4.33. The van der Waals surface area contributed by atoms with E-state index in [2.05, 4.69) is 20.9 Å². The molecular weight excluding hydrogens is 512 g/mol. The number of fused-ring (bicyclic) bond motifs is 1. The van der Waals surface area contributed by atoms with Crippen molar-refractivity contribution in [3.8, 4) is 0 Å². The highest BCUT2D eigenvalue weighted by atomic mass is 32.2. The van der Waals surface area contributed by atoms with Crippen LogP contribution in [-0.2, 0) is 30.4 Å². The molecule has 1 aromatic heterocycles. The van der Waals surface area contributed by atoms with E-state index in [9.17, 15) is 29.1 Å². The highest BCUT2D eigenvalue weighted by Crippen LogP contribution is 2.19. The molecule has 0 saturated heterocycles. The van der Waals surface area contributed by atoms with Gasteiger partial charge in [-0.15, -0.1) is 0 Å². The number of hydrogen-bond acceptors (Lipinski definition) is 7. The van der Waals surface area contributed by atoms with Crippen LogP contribution in [0.2, 0.25) is 0 Å². The molecule has 38 heavy (non-hydrogen) atoms. The van der Waals surface area contributed by atoms with Gasteiger partial charge in [-0.05, 0) is 42.4 Å². The van der Waals surface area contributed by atoms with Crippen LogP contribution < -0.4 is 27.4 Å². The summed E-state index contributed by atoms with van der Waals surface area (Å²) in [6, 6.07) is 2.93. The molecule has 4 atom stereocenters. The van der Waals surface area contributed by atoms with Gasteiger partial charge in [0.05, 0.1) is 12.5 Å². The maximum Gasteiger partial charge on any atom is 0.326 e. The van der Waals surface area contributed by atoms with Crippen molar-refractivity contribution in [1.29, 1.82) is 0 Å². The van der Waals surface area contributed by atoms with Gasteiger partial charge >= 0.3 is 5.97 Å². The lowest BCUT2D eigenvalue weighted by molar-refractivity contribution is -0.142. The molecule has 4 amide bonds. The predicted octanol–water partition coefficient (Wildman–Crippen LogP) is -0.139. The Balaban J connectivity index is 2.09. The van der Waals surface area contributed by atoms with Crippen LogP contribution in [0.1, 0.15) is 32.3 Å². The summed E-state index contributed by atoms with van der Waals surface area (Å²) in [5.74, 6) is -4.20. The number of primary amides is 1. The molecule has 0 aliphatic rings. The second-order valence-electron chi connectivity index (χ2n) is 9.31. The molecule has 2 aromatic rings. The summed E-state index contributed by atoms with van der Waals surface area (Å²) < 4.78 is 0. The Labute approximate surface area is 225 Å². The lowest BCUT2D eigenvalue weighted by Crippen LogP contribution is -2.59. The van der Waals surface area contributed by atoms with Crippen LogP contribution in [0.4, 0.5) is 0 Å². The zero-order chi connectivity index (χ0) is 28.4. The van der Waals surface area contributed by atoms with E-state index in [0.717, 1.165) is 16.5 Å². The van der Waals surface area contributed by atoms with Crippen molar-refractivity contribution in [2.75, 3.05) is 12.0 Å². The Morgan fingerprint density at radius 3 is 2.26 bits per heavy atom. The van der Waals surface area contributed by atoms with Gasteiger partial charge in [-0.3, -0.25) is 19.2 Å². The van der Waals surface area contributed by atoms with Crippen molar-refractivity contribution in [3.63, 3.8) is 0 Å². The van der Waals surface area contributed by atoms with Gasteiger partial charge in [0.1, 0.15) is 18.1 Å². The van der Waals surface area contributed by atoms with Crippen LogP contribution in [0, 0.1) is 5.92 Å². The number of carboxylic acid groups (broad SMARTS) is 1. The highest BCUT2D eigenvalue weighted by molar-refractivity contribution is 7.98. The first-order valence-electron chi connectivity index (χ1n) is 12.2. The van der Waals surface area contributed by atoms with Crippen LogP contribution in [-0.4, -0.2) is 75.9 Å². The Morgan fingerprint density at radius 2 is 1.66 bits per heavy atom. The van der Waals surface area contributed by atoms with Crippen molar-refractivity contribution in [2.45, 2.75) is 57.3 Å². The standard InChI is InChI=1S/C25H36N6O6S/c1-13(2)21(31-22(33)16(26)10-14-12-28-17-7-5-4-6-15(14)17)24(35)30-19(11-20(27)32)23(34)29-18(25(36)37)8-9-38-3/h4-7,12-13,16,18-19,21,28H,8-11,26H2,1-3H3,(H2,27,32)(H,29,34)(H,30,35)(H,31,33)(H,36,37). The molecule has 13 heteroatoms. The van der Waals surface area contributed by atoms with Gasteiger partial charge in [-0.2, -0.15) is 11.8 Å². The predicted molar refractivity (Wildman–Crippen MR) is 145 cm³/mol. The van der Waals surface area contributed by atoms with Crippen molar-refractivity contribution in [2.24, 2.45) is 17.4 Å². The molecular formula is C25H36N6O6S. The molecule has 12 nitrogen and oxygen atoms in total. The molecule has 0 aliphatic carbocycles. The van der Waals surface area contributed by atoms with E-state index >= 15 is 0 Å². The Bertz CT molecular complexity index is 1150. The van der Waals surface area contributed by atoms with Crippen molar-refractivity contribution < 1.29 is 29.1 Å². The van der Waals surface area contributed by atoms with Gasteiger partial charge in [0, 0.05) is 17.1 Å². The van der Waals surface area contributed by atoms with E-state index < -0.39 is 66.1 Å². The second kappa shape index (κ2) is 14.4. The molecule has 208 valence electrons. The summed E-state index contributed by atoms with van der Waals surface area (Å²) in [4.78, 5) is 65.0. The number of H-pyrrole nitrogens is 1. The topological polar surface area (TPSA) is 209 Å². The van der Waals surface area contributed by atoms with Gasteiger partial charge in [-0.1, -0.05) is 32.0 Å². The van der Waals surface area contributed by atoms with E-state index in [1.807, 2.05) is 24.3 Å². The van der Waals surface area contributed by atoms with Gasteiger partial charge in [0.15, 0.2) is 0 Å². The molecule has 0 aliphatic heterocycles. The van der Waals surface area contributed by atoms with Gasteiger partial charge < -0.3 is 37.5 Å². The normalized spacial score (nSPS) is 14.3. The number of aromatic nitrogens is 1. The molecule has 1 aromatic carbocycles. The molecule has 0 radical (unpaired) electrons. The Morgan fingerprint density at radius 1 is 1.00 bits per heavy atom. The third kappa shape index (κ3) is 8.77. The maximum atomic E-state index is 13.1. The molecule has 4 unspecified atom stereocenters. The number of para-hydroxylation sites is 1. The first kappa shape index (κ1) is 30.6. The third-order valence-electron chi connectivity index (χ3n) is 5.96. The largest absolute Gasteiger partial charge is 0.480 e. The summed E-state index contributed by atoms with van der Waals surface area (Å²) >= 11 is 1.41. The SMILES string of the molecule is CSCCC(NC(=O)C(CC(N)=O)NC(=O)C(NC(=O)C(N)Cc1c[nH]c2ccccc12)C(C)C)C(=O)O. The number of nitrogens with one attached hydrogen (secondary N) is 4. The fraction of sp³-hybridized carbons (Fsp3) is 0.480. The number of hydrogen-bond donors (Lipinski definition) is 7. The Hall–Kier alpha value is -3.58. The lowest BCUT2D eigenvalue weighted by atomic mass is 10.0. The Kier molecular flexibility index (Phi) is 11.6. The quantitative estimate of drug-likeness (QED) is 0.159. The molecule has 0 saturated carbocycles. The molecule has 9 N–H and O–H groups in total. The number of carbonyl (C=O) groups is 5. The minimum atomic E-state index is -1.42. The van der Waals surface area contributed by atoms with Crippen LogP contribution in [0.3, 0.4) is 0 Å². The van der Waals surface area contributed by atoms with E-state index in [4.69, 9.17) is 11.5 Å². The lowest BCUT2D eigenvalue weighted by Gasteiger charge is -2.26. The number of rotatable bonds is 15. The van der Waals surface area contributed by atoms with Crippen LogP contribution in [0.5, 0.6) is 0 Å². The number of aromatic amines is 1. The van der Waals surface area contributed by atoms with Gasteiger partial charge in [0.25, 0.3) is 0 Å². The van der Waals surface area contributed by atoms with Crippen molar-refractivity contribution in [1.82, 2.24) is 20.9 Å². The number of carbonyl (C=O) groups excluding carboxylic acids is 4. The molecule has 1 heterocycles. The van der Waals surface area contributed by atoms with Crippen LogP contribution in [0.25, 0.3) is 10.9 Å². The number of amides is 4. The fourth-order valence-electron chi connectivity index (χ4n) is 3.86. The molecule has 0 bridgehead atoms. The van der Waals surface area contributed by atoms with Crippen molar-refractivity contribution in [3.05, 3.63) is 36.0 Å². The number of aliphatic carboxylic acids is 1. The smallest absolute Gasteiger partial charge is 0.326 e. The maximum absolute atomic E-state index is 13.1. The van der Waals surface area contributed by atoms with E-state index in [1.54, 1.807) is 26.3 Å². The summed E-state index contributed by atoms with van der Waals surface area (Å²) in [6.07, 6.45) is 3.40. The third-order valence-corrected chi connectivity index (χ3v) is 6.61. The zero-order valence-electron chi connectivity index (χ0n) is 21.7. The number of carboxylic acids is 1. The van der Waals surface area contributed by atoms with Crippen molar-refractivity contribution >= 4 is 52.3 Å². The first-order valence-corrected chi connectivity index (χ1v) is 13.6. The summed E-state index contributed by atoms with van der Waals surface area (Å²) in [5, 5.41) is 17.7. The molecule has 0 spiro atoms. The summed E-state index contributed by atoms with van der Waals surface area (Å²) in [6.45, 7) is 3.39. The van der Waals surface area contributed by atoms with E-state index in [1.165, 1.54) is 11.8 Å². The number of benzene rings is 1. The average molecular weight is 549 g/mol. The average Bonchev–Trinajstić information content (AvgIpc) is 3.26.